The maximum Gasteiger partial charge on any atom is 0.248 e. The second-order valence-electron chi connectivity index (χ2n) is 4.52. The molecule has 0 spiro atoms. The van der Waals surface area contributed by atoms with Crippen LogP contribution in [0.25, 0.3) is 0 Å². The van der Waals surface area contributed by atoms with Crippen LogP contribution in [0.1, 0.15) is 21.5 Å². The fourth-order valence-corrected chi connectivity index (χ4v) is 2.31. The van der Waals surface area contributed by atoms with E-state index < -0.39 is 5.91 Å². The van der Waals surface area contributed by atoms with Crippen LogP contribution < -0.4 is 11.1 Å². The van der Waals surface area contributed by atoms with E-state index in [4.69, 9.17) is 5.73 Å². The predicted molar refractivity (Wildman–Crippen MR) is 82.8 cm³/mol. The molecule has 2 aromatic rings. The van der Waals surface area contributed by atoms with Gasteiger partial charge in [0.15, 0.2) is 0 Å². The summed E-state index contributed by atoms with van der Waals surface area (Å²) in [5, 5.41) is 13.0. The van der Waals surface area contributed by atoms with Gasteiger partial charge >= 0.3 is 0 Å². The first-order chi connectivity index (χ1) is 9.47. The van der Waals surface area contributed by atoms with Gasteiger partial charge in [0.25, 0.3) is 0 Å². The normalized spacial score (nSPS) is 10.3. The summed E-state index contributed by atoms with van der Waals surface area (Å²) >= 11 is 3.37. The lowest BCUT2D eigenvalue weighted by atomic mass is 10.1. The number of carbonyl (C=O) groups excluding carboxylic acids is 1. The third-order valence-corrected chi connectivity index (χ3v) is 3.52. The number of amides is 1. The quantitative estimate of drug-likeness (QED) is 0.803. The van der Waals surface area contributed by atoms with Gasteiger partial charge in [0, 0.05) is 27.8 Å². The van der Waals surface area contributed by atoms with E-state index in [1.165, 1.54) is 0 Å². The molecule has 0 saturated carbocycles. The molecule has 0 unspecified atom stereocenters. The Morgan fingerprint density at radius 3 is 2.70 bits per heavy atom. The Balaban J connectivity index is 2.15. The summed E-state index contributed by atoms with van der Waals surface area (Å²) in [6.45, 7) is 2.39. The summed E-state index contributed by atoms with van der Waals surface area (Å²) in [6, 6.07) is 10.5. The Morgan fingerprint density at radius 2 is 2.05 bits per heavy atom. The largest absolute Gasteiger partial charge is 0.508 e. The smallest absolute Gasteiger partial charge is 0.248 e. The molecule has 0 aromatic heterocycles. The molecule has 0 heterocycles. The second-order valence-corrected chi connectivity index (χ2v) is 5.44. The number of nitrogens with one attached hydrogen (secondary N) is 1. The van der Waals surface area contributed by atoms with Crippen molar-refractivity contribution < 1.29 is 9.90 Å². The zero-order valence-electron chi connectivity index (χ0n) is 11.0. The minimum absolute atomic E-state index is 0.243. The summed E-state index contributed by atoms with van der Waals surface area (Å²) in [7, 11) is 0. The standard InChI is InChI=1S/C15H15BrN2O2/c1-9-6-10(15(17)20)2-4-13(9)18-8-11-7-12(16)3-5-14(11)19/h2-7,18-19H,8H2,1H3,(H2,17,20). The average molecular weight is 335 g/mol. The molecular weight excluding hydrogens is 320 g/mol. The van der Waals surface area contributed by atoms with Crippen LogP contribution in [-0.4, -0.2) is 11.0 Å². The van der Waals surface area contributed by atoms with Gasteiger partial charge in [-0.2, -0.15) is 0 Å². The van der Waals surface area contributed by atoms with E-state index in [-0.39, 0.29) is 5.75 Å². The first-order valence-electron chi connectivity index (χ1n) is 6.09. The highest BCUT2D eigenvalue weighted by molar-refractivity contribution is 9.10. The molecule has 0 saturated heterocycles. The fraction of sp³-hybridized carbons (Fsp3) is 0.133. The lowest BCUT2D eigenvalue weighted by Gasteiger charge is -2.11. The van der Waals surface area contributed by atoms with Gasteiger partial charge in [-0.05, 0) is 48.9 Å². The van der Waals surface area contributed by atoms with E-state index in [2.05, 4.69) is 21.2 Å². The lowest BCUT2D eigenvalue weighted by molar-refractivity contribution is 0.1000. The van der Waals surface area contributed by atoms with Gasteiger partial charge < -0.3 is 16.2 Å². The summed E-state index contributed by atoms with van der Waals surface area (Å²) in [4.78, 5) is 11.1. The summed E-state index contributed by atoms with van der Waals surface area (Å²) in [5.74, 6) is -0.198. The van der Waals surface area contributed by atoms with E-state index in [1.54, 1.807) is 24.3 Å². The molecule has 4 N–H and O–H groups in total. The highest BCUT2D eigenvalue weighted by Crippen LogP contribution is 2.24. The number of carbonyl (C=O) groups is 1. The van der Waals surface area contributed by atoms with Crippen molar-refractivity contribution in [3.05, 3.63) is 57.6 Å². The SMILES string of the molecule is Cc1cc(C(N)=O)ccc1NCc1cc(Br)ccc1O. The fourth-order valence-electron chi connectivity index (χ4n) is 1.90. The number of aryl methyl sites for hydroxylation is 1. The highest BCUT2D eigenvalue weighted by Gasteiger charge is 2.06. The molecule has 0 atom stereocenters. The number of aromatic hydroxyl groups is 1. The molecule has 4 nitrogen and oxygen atoms in total. The highest BCUT2D eigenvalue weighted by atomic mass is 79.9. The minimum atomic E-state index is -0.440. The second kappa shape index (κ2) is 5.96. The maximum atomic E-state index is 11.1. The zero-order chi connectivity index (χ0) is 14.7. The molecule has 5 heteroatoms. The van der Waals surface area contributed by atoms with E-state index in [0.717, 1.165) is 21.3 Å². The summed E-state index contributed by atoms with van der Waals surface area (Å²) in [6.07, 6.45) is 0. The van der Waals surface area contributed by atoms with E-state index in [1.807, 2.05) is 19.1 Å². The van der Waals surface area contributed by atoms with Gasteiger partial charge in [-0.1, -0.05) is 15.9 Å². The van der Waals surface area contributed by atoms with Crippen LogP contribution in [0.3, 0.4) is 0 Å². The van der Waals surface area contributed by atoms with Gasteiger partial charge in [-0.25, -0.2) is 0 Å². The number of phenolic OH excluding ortho intramolecular Hbond substituents is 1. The number of phenols is 1. The van der Waals surface area contributed by atoms with E-state index >= 15 is 0 Å². The van der Waals surface area contributed by atoms with Gasteiger partial charge in [0.2, 0.25) is 5.91 Å². The van der Waals surface area contributed by atoms with Gasteiger partial charge in [-0.15, -0.1) is 0 Å². The van der Waals surface area contributed by atoms with Crippen molar-refractivity contribution in [2.45, 2.75) is 13.5 Å². The molecule has 0 aliphatic carbocycles. The molecule has 104 valence electrons. The maximum absolute atomic E-state index is 11.1. The number of hydrogen-bond donors (Lipinski definition) is 3. The van der Waals surface area contributed by atoms with Gasteiger partial charge in [0.1, 0.15) is 5.75 Å². The monoisotopic (exact) mass is 334 g/mol. The van der Waals surface area contributed by atoms with E-state index in [0.29, 0.717) is 12.1 Å². The molecule has 1 amide bonds. The predicted octanol–water partition coefficient (Wildman–Crippen LogP) is 3.17. The van der Waals surface area contributed by atoms with Crippen molar-refractivity contribution in [2.24, 2.45) is 5.73 Å². The Hall–Kier alpha value is -2.01. The number of primary amides is 1. The molecular formula is C15H15BrN2O2. The van der Waals surface area contributed by atoms with Crippen LogP contribution >= 0.6 is 15.9 Å². The zero-order valence-corrected chi connectivity index (χ0v) is 12.6. The van der Waals surface area contributed by atoms with Crippen LogP contribution in [0, 0.1) is 6.92 Å². The van der Waals surface area contributed by atoms with Crippen LogP contribution in [0.4, 0.5) is 5.69 Å². The molecule has 2 aromatic carbocycles. The topological polar surface area (TPSA) is 75.4 Å². The average Bonchev–Trinajstić information content (AvgIpc) is 2.40. The number of nitrogens with two attached hydrogens (primary N) is 1. The Morgan fingerprint density at radius 1 is 1.30 bits per heavy atom. The Kier molecular flexibility index (Phi) is 4.29. The van der Waals surface area contributed by atoms with Gasteiger partial charge in [-0.3, -0.25) is 4.79 Å². The number of anilines is 1. The molecule has 0 radical (unpaired) electrons. The van der Waals surface area contributed by atoms with E-state index in [9.17, 15) is 9.90 Å². The van der Waals surface area contributed by atoms with Crippen molar-refractivity contribution in [2.75, 3.05) is 5.32 Å². The lowest BCUT2D eigenvalue weighted by Crippen LogP contribution is -2.11. The minimum Gasteiger partial charge on any atom is -0.508 e. The van der Waals surface area contributed by atoms with Gasteiger partial charge in [0.05, 0.1) is 0 Å². The number of halogens is 1. The van der Waals surface area contributed by atoms with Crippen molar-refractivity contribution >= 4 is 27.5 Å². The van der Waals surface area contributed by atoms with Crippen molar-refractivity contribution in [1.29, 1.82) is 0 Å². The molecule has 0 bridgehead atoms. The number of hydrogen-bond acceptors (Lipinski definition) is 3. The third-order valence-electron chi connectivity index (χ3n) is 3.02. The van der Waals surface area contributed by atoms with Crippen LogP contribution in [0.15, 0.2) is 40.9 Å². The third kappa shape index (κ3) is 3.30. The van der Waals surface area contributed by atoms with Crippen molar-refractivity contribution in [1.82, 2.24) is 0 Å². The number of rotatable bonds is 4. The molecule has 0 fully saturated rings. The van der Waals surface area contributed by atoms with Crippen molar-refractivity contribution in [3.8, 4) is 5.75 Å². The molecule has 0 aliphatic rings. The van der Waals surface area contributed by atoms with Crippen LogP contribution in [0.5, 0.6) is 5.75 Å². The number of benzene rings is 2. The van der Waals surface area contributed by atoms with Crippen molar-refractivity contribution in [3.63, 3.8) is 0 Å². The van der Waals surface area contributed by atoms with Crippen LogP contribution in [-0.2, 0) is 6.54 Å². The molecule has 2 rings (SSSR count). The molecule has 0 aliphatic heterocycles. The first-order valence-corrected chi connectivity index (χ1v) is 6.88. The molecule has 20 heavy (non-hydrogen) atoms. The Bertz CT molecular complexity index is 656. The van der Waals surface area contributed by atoms with Crippen LogP contribution in [0.2, 0.25) is 0 Å². The Labute approximate surface area is 125 Å². The first kappa shape index (κ1) is 14.4. The summed E-state index contributed by atoms with van der Waals surface area (Å²) < 4.78 is 0.910. The summed E-state index contributed by atoms with van der Waals surface area (Å²) in [5.41, 5.74) is 8.34.